The second-order valence-corrected chi connectivity index (χ2v) is 5.80. The molecule has 0 unspecified atom stereocenters. The van der Waals surface area contributed by atoms with Gasteiger partial charge in [0.1, 0.15) is 5.56 Å². The third kappa shape index (κ3) is 2.65. The maximum atomic E-state index is 13.8. The topological polar surface area (TPSA) is 58.8 Å². The number of nitrogens with zero attached hydrogens (tertiary/aromatic N) is 1. The van der Waals surface area contributed by atoms with E-state index in [-0.39, 0.29) is 16.5 Å². The van der Waals surface area contributed by atoms with E-state index in [1.165, 1.54) is 6.07 Å². The first-order valence-electron chi connectivity index (χ1n) is 6.50. The average Bonchev–Trinajstić information content (AvgIpc) is 2.38. The van der Waals surface area contributed by atoms with Crippen LogP contribution in [0.4, 0.5) is 4.39 Å². The number of hydrogen-bond donors (Lipinski definition) is 1. The van der Waals surface area contributed by atoms with Crippen molar-refractivity contribution >= 4 is 23.1 Å². The number of aryl methyl sites for hydroxylation is 1. The fourth-order valence-electron chi connectivity index (χ4n) is 2.44. The molecule has 0 saturated carbocycles. The predicted molar refractivity (Wildman–Crippen MR) is 78.9 cm³/mol. The molecule has 2 rings (SSSR count). The van der Waals surface area contributed by atoms with Gasteiger partial charge in [0.2, 0.25) is 0 Å². The predicted octanol–water partition coefficient (Wildman–Crippen LogP) is 3.30. The van der Waals surface area contributed by atoms with Gasteiger partial charge in [0.15, 0.2) is 5.82 Å². The molecule has 0 bridgehead atoms. The van der Waals surface area contributed by atoms with Gasteiger partial charge >= 0.3 is 5.97 Å². The number of rotatable bonds is 3. The molecule has 0 saturated heterocycles. The highest BCUT2D eigenvalue weighted by Gasteiger charge is 2.19. The Hall–Kier alpha value is -1.88. The molecule has 0 aliphatic heterocycles. The summed E-state index contributed by atoms with van der Waals surface area (Å²) in [6.07, 6.45) is 1.51. The van der Waals surface area contributed by atoms with Crippen LogP contribution in [0.15, 0.2) is 17.1 Å². The molecule has 21 heavy (non-hydrogen) atoms. The monoisotopic (exact) mass is 311 g/mol. The molecule has 2 heterocycles. The minimum Gasteiger partial charge on any atom is -0.477 e. The van der Waals surface area contributed by atoms with Crippen molar-refractivity contribution in [3.63, 3.8) is 0 Å². The van der Waals surface area contributed by atoms with Gasteiger partial charge in [-0.25, -0.2) is 9.18 Å². The Morgan fingerprint density at radius 1 is 1.48 bits per heavy atom. The lowest BCUT2D eigenvalue weighted by molar-refractivity contribution is 0.0694. The Kier molecular flexibility index (Phi) is 4.05. The van der Waals surface area contributed by atoms with E-state index >= 15 is 0 Å². The first kappa shape index (κ1) is 15.5. The number of pyridine rings is 2. The second kappa shape index (κ2) is 5.48. The quantitative estimate of drug-likeness (QED) is 0.946. The smallest absolute Gasteiger partial charge is 0.341 e. The molecule has 0 spiro atoms. The van der Waals surface area contributed by atoms with E-state index in [4.69, 9.17) is 16.7 Å². The van der Waals surface area contributed by atoms with Crippen LogP contribution in [0.2, 0.25) is 5.02 Å². The van der Waals surface area contributed by atoms with Crippen LogP contribution in [0.25, 0.3) is 5.52 Å². The molecular weight excluding hydrogens is 297 g/mol. The molecule has 6 heteroatoms. The van der Waals surface area contributed by atoms with Gasteiger partial charge in [0.25, 0.3) is 5.56 Å². The van der Waals surface area contributed by atoms with E-state index in [1.807, 2.05) is 13.8 Å². The van der Waals surface area contributed by atoms with Gasteiger partial charge in [-0.15, -0.1) is 0 Å². The summed E-state index contributed by atoms with van der Waals surface area (Å²) in [5.74, 6) is -1.83. The molecule has 0 fully saturated rings. The molecule has 2 aromatic heterocycles. The summed E-state index contributed by atoms with van der Waals surface area (Å²) in [7, 11) is 0. The molecular formula is C15H15ClFNO3. The van der Waals surface area contributed by atoms with Crippen molar-refractivity contribution in [2.45, 2.75) is 27.2 Å². The van der Waals surface area contributed by atoms with Gasteiger partial charge in [-0.1, -0.05) is 25.4 Å². The fraction of sp³-hybridized carbons (Fsp3) is 0.333. The molecule has 4 nitrogen and oxygen atoms in total. The Balaban J connectivity index is 2.99. The highest BCUT2D eigenvalue weighted by atomic mass is 35.5. The normalized spacial score (nSPS) is 11.3. The number of aromatic carboxylic acids is 1. The Labute approximate surface area is 125 Å². The van der Waals surface area contributed by atoms with Crippen LogP contribution in [0.3, 0.4) is 0 Å². The van der Waals surface area contributed by atoms with Gasteiger partial charge in [-0.2, -0.15) is 0 Å². The third-order valence-electron chi connectivity index (χ3n) is 3.31. The summed E-state index contributed by atoms with van der Waals surface area (Å²) in [6, 6.07) is 1.36. The summed E-state index contributed by atoms with van der Waals surface area (Å²) >= 11 is 5.91. The lowest BCUT2D eigenvalue weighted by Gasteiger charge is -2.15. The summed E-state index contributed by atoms with van der Waals surface area (Å²) in [5, 5.41) is 9.09. The lowest BCUT2D eigenvalue weighted by Crippen LogP contribution is -2.24. The number of carboxylic acids is 1. The van der Waals surface area contributed by atoms with Crippen molar-refractivity contribution in [1.29, 1.82) is 0 Å². The number of aromatic nitrogens is 1. The molecule has 0 atom stereocenters. The number of hydrogen-bond acceptors (Lipinski definition) is 2. The van der Waals surface area contributed by atoms with E-state index in [0.29, 0.717) is 23.1 Å². The van der Waals surface area contributed by atoms with E-state index in [9.17, 15) is 14.0 Å². The SMILES string of the molecule is Cc1c(Cl)c(F)cn2c(=O)c(C(=O)O)cc(CC(C)C)c12. The number of halogens is 2. The average molecular weight is 312 g/mol. The molecule has 112 valence electrons. The van der Waals surface area contributed by atoms with Crippen LogP contribution in [-0.4, -0.2) is 15.5 Å². The molecule has 0 aliphatic rings. The van der Waals surface area contributed by atoms with Crippen molar-refractivity contribution in [3.8, 4) is 0 Å². The second-order valence-electron chi connectivity index (χ2n) is 5.43. The zero-order chi connectivity index (χ0) is 15.9. The van der Waals surface area contributed by atoms with Gasteiger partial charge in [0, 0.05) is 6.20 Å². The van der Waals surface area contributed by atoms with Crippen molar-refractivity contribution in [2.75, 3.05) is 0 Å². The highest BCUT2D eigenvalue weighted by molar-refractivity contribution is 6.32. The van der Waals surface area contributed by atoms with E-state index < -0.39 is 17.3 Å². The first-order valence-corrected chi connectivity index (χ1v) is 6.88. The van der Waals surface area contributed by atoms with E-state index in [2.05, 4.69) is 0 Å². The molecule has 1 N–H and O–H groups in total. The van der Waals surface area contributed by atoms with Gasteiger partial charge < -0.3 is 5.11 Å². The fourth-order valence-corrected chi connectivity index (χ4v) is 2.58. The van der Waals surface area contributed by atoms with Crippen LogP contribution in [0.5, 0.6) is 0 Å². The van der Waals surface area contributed by atoms with Crippen molar-refractivity contribution in [1.82, 2.24) is 4.40 Å². The summed E-state index contributed by atoms with van der Waals surface area (Å²) in [6.45, 7) is 5.56. The van der Waals surface area contributed by atoms with Crippen LogP contribution in [0.1, 0.15) is 35.3 Å². The molecule has 0 aromatic carbocycles. The van der Waals surface area contributed by atoms with Crippen molar-refractivity contribution in [3.05, 3.63) is 50.1 Å². The number of fused-ring (bicyclic) bond motifs is 1. The Morgan fingerprint density at radius 2 is 2.10 bits per heavy atom. The third-order valence-corrected chi connectivity index (χ3v) is 3.77. The zero-order valence-electron chi connectivity index (χ0n) is 11.9. The molecule has 0 radical (unpaired) electrons. The minimum absolute atomic E-state index is 0.0533. The van der Waals surface area contributed by atoms with Crippen LogP contribution in [-0.2, 0) is 6.42 Å². The Bertz CT molecular complexity index is 796. The van der Waals surface area contributed by atoms with Crippen LogP contribution < -0.4 is 5.56 Å². The van der Waals surface area contributed by atoms with Crippen molar-refractivity contribution < 1.29 is 14.3 Å². The molecule has 0 amide bonds. The maximum absolute atomic E-state index is 13.8. The minimum atomic E-state index is -1.33. The van der Waals surface area contributed by atoms with E-state index in [0.717, 1.165) is 10.6 Å². The summed E-state index contributed by atoms with van der Waals surface area (Å²) < 4.78 is 14.8. The number of carboxylic acid groups (broad SMARTS) is 1. The molecule has 0 aliphatic carbocycles. The summed E-state index contributed by atoms with van der Waals surface area (Å²) in [5.41, 5.74) is 0.445. The maximum Gasteiger partial charge on any atom is 0.341 e. The van der Waals surface area contributed by atoms with Crippen LogP contribution >= 0.6 is 11.6 Å². The van der Waals surface area contributed by atoms with Crippen molar-refractivity contribution in [2.24, 2.45) is 5.92 Å². The van der Waals surface area contributed by atoms with Crippen LogP contribution in [0, 0.1) is 18.7 Å². The van der Waals surface area contributed by atoms with Gasteiger partial charge in [-0.05, 0) is 36.5 Å². The zero-order valence-corrected chi connectivity index (χ0v) is 12.7. The number of carbonyl (C=O) groups is 1. The summed E-state index contributed by atoms with van der Waals surface area (Å²) in [4.78, 5) is 23.4. The van der Waals surface area contributed by atoms with Gasteiger partial charge in [0.05, 0.1) is 10.5 Å². The largest absolute Gasteiger partial charge is 0.477 e. The molecule has 2 aromatic rings. The highest BCUT2D eigenvalue weighted by Crippen LogP contribution is 2.26. The van der Waals surface area contributed by atoms with E-state index in [1.54, 1.807) is 6.92 Å². The lowest BCUT2D eigenvalue weighted by atomic mass is 9.98. The first-order chi connectivity index (χ1) is 9.73. The van der Waals surface area contributed by atoms with Gasteiger partial charge in [-0.3, -0.25) is 9.20 Å². The Morgan fingerprint density at radius 3 is 2.62 bits per heavy atom. The standard InChI is InChI=1S/C15H15ClFNO3/c1-7(2)4-9-5-10(15(20)21)14(19)18-6-11(17)12(16)8(3)13(9)18/h5-7H,4H2,1-3H3,(H,20,21).